The minimum absolute atomic E-state index is 0.0795. The van der Waals surface area contributed by atoms with Crippen molar-refractivity contribution in [2.24, 2.45) is 0 Å². The van der Waals surface area contributed by atoms with Crippen LogP contribution in [0.4, 0.5) is 0 Å². The molecule has 1 atom stereocenters. The van der Waals surface area contributed by atoms with Gasteiger partial charge in [0.05, 0.1) is 6.61 Å². The number of aromatic hydroxyl groups is 1. The van der Waals surface area contributed by atoms with Crippen molar-refractivity contribution < 1.29 is 19.4 Å². The highest BCUT2D eigenvalue weighted by Gasteiger charge is 2.29. The molecule has 31 heavy (non-hydrogen) atoms. The number of hydrogen-bond acceptors (Lipinski definition) is 4. The number of likely N-dealkylation sites (tertiary alicyclic amines) is 1. The lowest BCUT2D eigenvalue weighted by molar-refractivity contribution is -0.165. The van der Waals surface area contributed by atoms with Gasteiger partial charge < -0.3 is 19.5 Å². The third-order valence-electron chi connectivity index (χ3n) is 6.11. The van der Waals surface area contributed by atoms with E-state index < -0.39 is 0 Å². The second-order valence-electron chi connectivity index (χ2n) is 10.8. The average molecular weight is 430 g/mol. The van der Waals surface area contributed by atoms with Crippen molar-refractivity contribution in [3.8, 4) is 5.75 Å². The Morgan fingerprint density at radius 1 is 1.13 bits per heavy atom. The van der Waals surface area contributed by atoms with Gasteiger partial charge in [-0.05, 0) is 60.3 Å². The molecular weight excluding hydrogens is 390 g/mol. The molecule has 2 aliphatic rings. The Morgan fingerprint density at radius 2 is 1.77 bits per heavy atom. The third-order valence-corrected chi connectivity index (χ3v) is 6.11. The first-order chi connectivity index (χ1) is 14.5. The van der Waals surface area contributed by atoms with Gasteiger partial charge in [0.15, 0.2) is 6.29 Å². The number of rotatable bonds is 5. The van der Waals surface area contributed by atoms with E-state index in [1.165, 1.54) is 0 Å². The molecule has 1 aromatic rings. The monoisotopic (exact) mass is 429 g/mol. The van der Waals surface area contributed by atoms with Crippen molar-refractivity contribution in [3.63, 3.8) is 0 Å². The number of carbonyl (C=O) groups is 1. The SMILES string of the molecule is CC(C)(C)c1cc(C=C2CCN(CCOC3CCCCO3)C2=O)cc(C(C)(C)C)c1O. The number of amides is 1. The Balaban J connectivity index is 1.74. The Labute approximate surface area is 187 Å². The summed E-state index contributed by atoms with van der Waals surface area (Å²) in [5.41, 5.74) is 3.24. The average Bonchev–Trinajstić information content (AvgIpc) is 3.02. The van der Waals surface area contributed by atoms with Crippen LogP contribution in [0.25, 0.3) is 6.08 Å². The minimum atomic E-state index is -0.192. The maximum Gasteiger partial charge on any atom is 0.249 e. The lowest BCUT2D eigenvalue weighted by atomic mass is 9.78. The summed E-state index contributed by atoms with van der Waals surface area (Å²) in [5, 5.41) is 10.9. The van der Waals surface area contributed by atoms with Gasteiger partial charge in [-0.15, -0.1) is 0 Å². The van der Waals surface area contributed by atoms with Crippen LogP contribution in [0.1, 0.15) is 83.9 Å². The lowest BCUT2D eigenvalue weighted by Gasteiger charge is -2.28. The molecule has 2 fully saturated rings. The number of ether oxygens (including phenoxy) is 2. The van der Waals surface area contributed by atoms with E-state index in [9.17, 15) is 9.90 Å². The van der Waals surface area contributed by atoms with Gasteiger partial charge >= 0.3 is 0 Å². The largest absolute Gasteiger partial charge is 0.507 e. The lowest BCUT2D eigenvalue weighted by Crippen LogP contribution is -2.31. The summed E-state index contributed by atoms with van der Waals surface area (Å²) < 4.78 is 11.4. The first-order valence-corrected chi connectivity index (χ1v) is 11.6. The molecule has 1 N–H and O–H groups in total. The van der Waals surface area contributed by atoms with E-state index in [1.54, 1.807) is 0 Å². The quantitative estimate of drug-likeness (QED) is 0.658. The molecule has 0 aliphatic carbocycles. The number of benzene rings is 1. The summed E-state index contributed by atoms with van der Waals surface area (Å²) in [4.78, 5) is 14.8. The highest BCUT2D eigenvalue weighted by atomic mass is 16.7. The van der Waals surface area contributed by atoms with Crippen molar-refractivity contribution in [1.82, 2.24) is 4.90 Å². The summed E-state index contributed by atoms with van der Waals surface area (Å²) in [7, 11) is 0. The molecule has 1 unspecified atom stereocenters. The molecule has 172 valence electrons. The molecule has 0 saturated carbocycles. The van der Waals surface area contributed by atoms with Gasteiger partial charge in [0, 0.05) is 36.4 Å². The summed E-state index contributed by atoms with van der Waals surface area (Å²) in [6.45, 7) is 15.2. The first kappa shape index (κ1) is 23.8. The number of nitrogens with zero attached hydrogens (tertiary/aromatic N) is 1. The fraction of sp³-hybridized carbons (Fsp3) is 0.654. The topological polar surface area (TPSA) is 59.0 Å². The maximum atomic E-state index is 12.9. The van der Waals surface area contributed by atoms with Gasteiger partial charge in [-0.1, -0.05) is 41.5 Å². The van der Waals surface area contributed by atoms with Crippen LogP contribution in [0.15, 0.2) is 17.7 Å². The zero-order valence-corrected chi connectivity index (χ0v) is 20.1. The summed E-state index contributed by atoms with van der Waals surface area (Å²) >= 11 is 0. The van der Waals surface area contributed by atoms with E-state index in [1.807, 2.05) is 23.1 Å². The summed E-state index contributed by atoms with van der Waals surface area (Å²) in [6.07, 6.45) is 5.79. The van der Waals surface area contributed by atoms with Crippen LogP contribution in [0.2, 0.25) is 0 Å². The van der Waals surface area contributed by atoms with E-state index >= 15 is 0 Å². The number of phenols is 1. The van der Waals surface area contributed by atoms with Crippen LogP contribution in [0.3, 0.4) is 0 Å². The molecule has 1 aromatic carbocycles. The van der Waals surface area contributed by atoms with Gasteiger partial charge in [-0.3, -0.25) is 4.79 Å². The summed E-state index contributed by atoms with van der Waals surface area (Å²) in [5.74, 6) is 0.444. The van der Waals surface area contributed by atoms with Crippen LogP contribution < -0.4 is 0 Å². The molecule has 2 heterocycles. The molecule has 0 spiro atoms. The summed E-state index contributed by atoms with van der Waals surface area (Å²) in [6, 6.07) is 4.05. The molecule has 2 saturated heterocycles. The Bertz CT molecular complexity index is 788. The first-order valence-electron chi connectivity index (χ1n) is 11.6. The van der Waals surface area contributed by atoms with E-state index in [4.69, 9.17) is 9.47 Å². The van der Waals surface area contributed by atoms with Crippen LogP contribution >= 0.6 is 0 Å². The maximum absolute atomic E-state index is 12.9. The number of phenolic OH excluding ortho intramolecular Hbond substituents is 1. The van der Waals surface area contributed by atoms with Gasteiger partial charge in [0.2, 0.25) is 5.91 Å². The standard InChI is InChI=1S/C26H39NO4/c1-25(2,3)20-16-18(17-21(23(20)28)26(4,5)6)15-19-10-11-27(24(19)29)12-14-31-22-9-7-8-13-30-22/h15-17,22,28H,7-14H2,1-6H3. The normalized spacial score (nSPS) is 21.9. The zero-order chi connectivity index (χ0) is 22.8. The molecule has 1 amide bonds. The van der Waals surface area contributed by atoms with Crippen LogP contribution in [0.5, 0.6) is 5.75 Å². The molecule has 3 rings (SSSR count). The van der Waals surface area contributed by atoms with Crippen molar-refractivity contribution >= 4 is 12.0 Å². The number of carbonyl (C=O) groups excluding carboxylic acids is 1. The van der Waals surface area contributed by atoms with Crippen LogP contribution in [-0.2, 0) is 25.1 Å². The van der Waals surface area contributed by atoms with E-state index in [0.717, 1.165) is 61.1 Å². The highest BCUT2D eigenvalue weighted by molar-refractivity contribution is 6.00. The fourth-order valence-corrected chi connectivity index (χ4v) is 4.24. The molecule has 5 nitrogen and oxygen atoms in total. The van der Waals surface area contributed by atoms with E-state index in [-0.39, 0.29) is 23.0 Å². The molecular formula is C26H39NO4. The molecule has 0 aromatic heterocycles. The Hall–Kier alpha value is -1.85. The van der Waals surface area contributed by atoms with Gasteiger partial charge in [-0.2, -0.15) is 0 Å². The van der Waals surface area contributed by atoms with Gasteiger partial charge in [0.1, 0.15) is 5.75 Å². The minimum Gasteiger partial charge on any atom is -0.507 e. The van der Waals surface area contributed by atoms with E-state index in [2.05, 4.69) is 41.5 Å². The smallest absolute Gasteiger partial charge is 0.249 e. The molecule has 5 heteroatoms. The van der Waals surface area contributed by atoms with Crippen LogP contribution in [0, 0.1) is 0 Å². The Morgan fingerprint density at radius 3 is 2.32 bits per heavy atom. The highest BCUT2D eigenvalue weighted by Crippen LogP contribution is 2.40. The zero-order valence-electron chi connectivity index (χ0n) is 20.1. The third kappa shape index (κ3) is 5.89. The van der Waals surface area contributed by atoms with Crippen molar-refractivity contribution in [2.45, 2.75) is 84.3 Å². The molecule has 0 radical (unpaired) electrons. The predicted molar refractivity (Wildman–Crippen MR) is 124 cm³/mol. The van der Waals surface area contributed by atoms with Crippen molar-refractivity contribution in [3.05, 3.63) is 34.4 Å². The van der Waals surface area contributed by atoms with Crippen LogP contribution in [-0.4, -0.2) is 48.5 Å². The van der Waals surface area contributed by atoms with Gasteiger partial charge in [0.25, 0.3) is 0 Å². The molecule has 2 aliphatic heterocycles. The second kappa shape index (κ2) is 9.33. The predicted octanol–water partition coefficient (Wildman–Crippen LogP) is 5.15. The fourth-order valence-electron chi connectivity index (χ4n) is 4.24. The molecule has 0 bridgehead atoms. The Kier molecular flexibility index (Phi) is 7.17. The van der Waals surface area contributed by atoms with Gasteiger partial charge in [-0.25, -0.2) is 0 Å². The van der Waals surface area contributed by atoms with Crippen molar-refractivity contribution in [2.75, 3.05) is 26.3 Å². The van der Waals surface area contributed by atoms with E-state index in [0.29, 0.717) is 18.9 Å². The number of hydrogen-bond donors (Lipinski definition) is 1. The second-order valence-corrected chi connectivity index (χ2v) is 10.8. The van der Waals surface area contributed by atoms with Crippen molar-refractivity contribution in [1.29, 1.82) is 0 Å².